The molecule has 1 aliphatic rings. The number of rotatable bonds is 6. The van der Waals surface area contributed by atoms with E-state index in [4.69, 9.17) is 14.2 Å². The van der Waals surface area contributed by atoms with Gasteiger partial charge in [0.25, 0.3) is 5.89 Å². The molecule has 3 aromatic carbocycles. The maximum absolute atomic E-state index is 13.4. The highest BCUT2D eigenvalue weighted by atomic mass is 16.5. The fourth-order valence-corrected chi connectivity index (χ4v) is 4.42. The Morgan fingerprint density at radius 1 is 0.972 bits per heavy atom. The number of ether oxygens (including phenoxy) is 1. The van der Waals surface area contributed by atoms with E-state index >= 15 is 0 Å². The summed E-state index contributed by atoms with van der Waals surface area (Å²) in [5.74, 6) is 1.61. The lowest BCUT2D eigenvalue weighted by Crippen LogP contribution is -2.46. The summed E-state index contributed by atoms with van der Waals surface area (Å²) < 4.78 is 11.3. The van der Waals surface area contributed by atoms with Crippen molar-refractivity contribution in [2.75, 3.05) is 11.5 Å². The number of hydrogen-bond donors (Lipinski definition) is 1. The van der Waals surface area contributed by atoms with Gasteiger partial charge in [-0.15, -0.1) is 0 Å². The van der Waals surface area contributed by atoms with E-state index in [1.54, 1.807) is 4.90 Å². The number of aromatic nitrogens is 2. The summed E-state index contributed by atoms with van der Waals surface area (Å²) >= 11 is 0. The molecule has 2 heterocycles. The van der Waals surface area contributed by atoms with Gasteiger partial charge in [0, 0.05) is 11.3 Å². The molecule has 0 saturated carbocycles. The lowest BCUT2D eigenvalue weighted by atomic mass is 9.94. The molecule has 7 heteroatoms. The first kappa shape index (κ1) is 23.4. The number of nitrogens with one attached hydrogen (secondary N) is 1. The van der Waals surface area contributed by atoms with Crippen LogP contribution >= 0.6 is 0 Å². The number of hydrogen-bond acceptors (Lipinski definition) is 5. The van der Waals surface area contributed by atoms with Gasteiger partial charge in [-0.1, -0.05) is 47.1 Å². The van der Waals surface area contributed by atoms with Crippen LogP contribution in [0.15, 0.2) is 83.0 Å². The summed E-state index contributed by atoms with van der Waals surface area (Å²) in [4.78, 5) is 19.8. The molecule has 36 heavy (non-hydrogen) atoms. The molecule has 0 fully saturated rings. The lowest BCUT2D eigenvalue weighted by molar-refractivity contribution is 0.244. The molecule has 182 valence electrons. The first-order valence-electron chi connectivity index (χ1n) is 12.0. The molecular weight excluding hydrogens is 452 g/mol. The number of urea groups is 1. The van der Waals surface area contributed by atoms with Crippen LogP contribution < -0.4 is 15.0 Å². The molecule has 1 aliphatic heterocycles. The first-order chi connectivity index (χ1) is 17.4. The number of amides is 2. The van der Waals surface area contributed by atoms with Crippen LogP contribution in [0.1, 0.15) is 42.5 Å². The number of carbonyl (C=O) groups excluding carboxylic acids is 1. The summed E-state index contributed by atoms with van der Waals surface area (Å²) in [6.07, 6.45) is 0. The third-order valence-electron chi connectivity index (χ3n) is 6.24. The van der Waals surface area contributed by atoms with Gasteiger partial charge in [0.15, 0.2) is 0 Å². The van der Waals surface area contributed by atoms with Crippen molar-refractivity contribution < 1.29 is 14.1 Å². The van der Waals surface area contributed by atoms with Crippen LogP contribution in [0.3, 0.4) is 0 Å². The van der Waals surface area contributed by atoms with Gasteiger partial charge in [0.2, 0.25) is 5.82 Å². The zero-order chi connectivity index (χ0) is 25.2. The molecule has 1 atom stereocenters. The largest absolute Gasteiger partial charge is 0.494 e. The van der Waals surface area contributed by atoms with Gasteiger partial charge < -0.3 is 14.6 Å². The second-order valence-corrected chi connectivity index (χ2v) is 8.85. The van der Waals surface area contributed by atoms with Crippen LogP contribution in [0.2, 0.25) is 0 Å². The third-order valence-corrected chi connectivity index (χ3v) is 6.24. The minimum atomic E-state index is -0.437. The van der Waals surface area contributed by atoms with Crippen LogP contribution in [0.5, 0.6) is 5.75 Å². The number of carbonyl (C=O) groups is 1. The molecule has 2 amide bonds. The average Bonchev–Trinajstić information content (AvgIpc) is 3.35. The molecule has 1 N–H and O–H groups in total. The van der Waals surface area contributed by atoms with Crippen molar-refractivity contribution in [2.24, 2.45) is 0 Å². The van der Waals surface area contributed by atoms with Crippen LogP contribution in [0, 0.1) is 13.8 Å². The summed E-state index contributed by atoms with van der Waals surface area (Å²) in [6, 6.07) is 22.8. The zero-order valence-corrected chi connectivity index (χ0v) is 20.8. The van der Waals surface area contributed by atoms with E-state index in [0.29, 0.717) is 18.3 Å². The van der Waals surface area contributed by atoms with E-state index < -0.39 is 6.04 Å². The summed E-state index contributed by atoms with van der Waals surface area (Å²) in [6.45, 7) is 8.50. The Morgan fingerprint density at radius 3 is 2.42 bits per heavy atom. The maximum Gasteiger partial charge on any atom is 0.326 e. The predicted molar refractivity (Wildman–Crippen MR) is 140 cm³/mol. The Morgan fingerprint density at radius 2 is 1.72 bits per heavy atom. The second-order valence-electron chi connectivity index (χ2n) is 8.85. The van der Waals surface area contributed by atoms with Gasteiger partial charge >= 0.3 is 6.03 Å². The fourth-order valence-electron chi connectivity index (χ4n) is 4.42. The summed E-state index contributed by atoms with van der Waals surface area (Å²) in [5, 5.41) is 7.41. The molecule has 0 radical (unpaired) electrons. The molecule has 0 aliphatic carbocycles. The highest BCUT2D eigenvalue weighted by Crippen LogP contribution is 2.39. The van der Waals surface area contributed by atoms with Crippen molar-refractivity contribution >= 4 is 17.3 Å². The van der Waals surface area contributed by atoms with Gasteiger partial charge in [-0.25, -0.2) is 4.79 Å². The zero-order valence-electron chi connectivity index (χ0n) is 20.8. The molecule has 0 bridgehead atoms. The quantitative estimate of drug-likeness (QED) is 0.343. The van der Waals surface area contributed by atoms with Gasteiger partial charge in [0.1, 0.15) is 5.75 Å². The lowest BCUT2D eigenvalue weighted by Gasteiger charge is -2.35. The van der Waals surface area contributed by atoms with E-state index in [2.05, 4.69) is 10.5 Å². The fraction of sp³-hybridized carbons (Fsp3) is 0.207. The standard InChI is InChI=1S/C29H28N4O3/c1-5-35-24-15-13-22(14-16-24)27-31-28(36-32-27)25-20(4)33(23-8-6-7-19(3)17-23)29(34)30-26(25)21-11-9-18(2)10-12-21/h6-17,26H,5H2,1-4H3,(H,30,34). The molecule has 5 rings (SSSR count). The van der Waals surface area contributed by atoms with Crippen molar-refractivity contribution in [3.05, 3.63) is 101 Å². The number of nitrogens with zero attached hydrogens (tertiary/aromatic N) is 3. The van der Waals surface area contributed by atoms with Crippen molar-refractivity contribution in [3.8, 4) is 17.1 Å². The molecule has 0 saturated heterocycles. The van der Waals surface area contributed by atoms with Gasteiger partial charge in [0.05, 0.1) is 23.9 Å². The minimum Gasteiger partial charge on any atom is -0.494 e. The second kappa shape index (κ2) is 9.70. The monoisotopic (exact) mass is 480 g/mol. The van der Waals surface area contributed by atoms with Crippen LogP contribution in [-0.4, -0.2) is 22.8 Å². The Hall–Kier alpha value is -4.39. The molecule has 0 spiro atoms. The van der Waals surface area contributed by atoms with Crippen molar-refractivity contribution in [1.29, 1.82) is 0 Å². The Labute approximate surface area is 210 Å². The third kappa shape index (κ3) is 4.47. The van der Waals surface area contributed by atoms with Crippen molar-refractivity contribution in [1.82, 2.24) is 15.5 Å². The minimum absolute atomic E-state index is 0.210. The van der Waals surface area contributed by atoms with Gasteiger partial charge in [-0.2, -0.15) is 4.98 Å². The van der Waals surface area contributed by atoms with E-state index in [0.717, 1.165) is 45.0 Å². The predicted octanol–water partition coefficient (Wildman–Crippen LogP) is 6.45. The summed E-state index contributed by atoms with van der Waals surface area (Å²) in [5.41, 5.74) is 6.21. The maximum atomic E-state index is 13.4. The Bertz CT molecular complexity index is 1420. The number of allylic oxidation sites excluding steroid dienone is 1. The SMILES string of the molecule is CCOc1ccc(-c2noc(C3=C(C)N(c4cccc(C)c4)C(=O)NC3c3ccc(C)cc3)n2)cc1. The first-order valence-corrected chi connectivity index (χ1v) is 12.0. The van der Waals surface area contributed by atoms with E-state index in [1.807, 2.05) is 100 Å². The highest BCUT2D eigenvalue weighted by Gasteiger charge is 2.36. The van der Waals surface area contributed by atoms with Crippen LogP contribution in [0.25, 0.3) is 17.0 Å². The van der Waals surface area contributed by atoms with Gasteiger partial charge in [-0.05, 0) is 75.2 Å². The van der Waals surface area contributed by atoms with Crippen LogP contribution in [0.4, 0.5) is 10.5 Å². The Balaban J connectivity index is 1.61. The van der Waals surface area contributed by atoms with Crippen molar-refractivity contribution in [3.63, 3.8) is 0 Å². The van der Waals surface area contributed by atoms with Crippen LogP contribution in [-0.2, 0) is 0 Å². The van der Waals surface area contributed by atoms with E-state index in [1.165, 1.54) is 0 Å². The number of benzene rings is 3. The average molecular weight is 481 g/mol. The number of aryl methyl sites for hydroxylation is 2. The number of anilines is 1. The highest BCUT2D eigenvalue weighted by molar-refractivity contribution is 6.01. The van der Waals surface area contributed by atoms with E-state index in [-0.39, 0.29) is 6.03 Å². The molecule has 1 unspecified atom stereocenters. The molecular formula is C29H28N4O3. The smallest absolute Gasteiger partial charge is 0.326 e. The topological polar surface area (TPSA) is 80.5 Å². The molecule has 1 aromatic heterocycles. The van der Waals surface area contributed by atoms with E-state index in [9.17, 15) is 4.79 Å². The summed E-state index contributed by atoms with van der Waals surface area (Å²) in [7, 11) is 0. The normalized spacial score (nSPS) is 15.7. The van der Waals surface area contributed by atoms with Crippen molar-refractivity contribution in [2.45, 2.75) is 33.7 Å². The van der Waals surface area contributed by atoms with Gasteiger partial charge in [-0.3, -0.25) is 4.90 Å². The Kier molecular flexibility index (Phi) is 6.29. The molecule has 7 nitrogen and oxygen atoms in total. The molecule has 4 aromatic rings.